The lowest BCUT2D eigenvalue weighted by Crippen LogP contribution is -2.02. The van der Waals surface area contributed by atoms with Gasteiger partial charge in [-0.05, 0) is 93.0 Å². The third-order valence-electron chi connectivity index (χ3n) is 12.8. The second-order valence-corrected chi connectivity index (χ2v) is 16.4. The van der Waals surface area contributed by atoms with Gasteiger partial charge in [0.05, 0.1) is 16.7 Å². The van der Waals surface area contributed by atoms with Crippen LogP contribution in [0.3, 0.4) is 0 Å². The maximum absolute atomic E-state index is 6.78. The van der Waals surface area contributed by atoms with Gasteiger partial charge in [0.25, 0.3) is 0 Å². The minimum Gasteiger partial charge on any atom is -0.456 e. The number of aromatic nitrogens is 4. The highest BCUT2D eigenvalue weighted by Gasteiger charge is 2.23. The van der Waals surface area contributed by atoms with Crippen molar-refractivity contribution in [3.63, 3.8) is 0 Å². The molecule has 10 aromatic carbocycles. The van der Waals surface area contributed by atoms with Crippen LogP contribution >= 0.6 is 0 Å². The number of rotatable bonds is 4. The molecule has 0 aliphatic carbocycles. The number of para-hydroxylation sites is 2. The molecule has 0 aliphatic rings. The molecule has 14 aromatic rings. The summed E-state index contributed by atoms with van der Waals surface area (Å²) in [6, 6.07) is 68.1. The number of furan rings is 2. The van der Waals surface area contributed by atoms with E-state index in [0.717, 1.165) is 88.1 Å². The third-order valence-corrected chi connectivity index (χ3v) is 12.8. The van der Waals surface area contributed by atoms with Crippen LogP contribution in [0, 0.1) is 0 Å². The molecule has 0 spiro atoms. The van der Waals surface area contributed by atoms with E-state index in [2.05, 4.69) is 156 Å². The Bertz CT molecular complexity index is 4230. The van der Waals surface area contributed by atoms with Crippen molar-refractivity contribution in [3.8, 4) is 39.9 Å². The van der Waals surface area contributed by atoms with Gasteiger partial charge < -0.3 is 13.4 Å². The molecule has 0 saturated heterocycles. The second kappa shape index (κ2) is 12.9. The standard InChI is InChI=1S/C57H32N4O2/c1-2-13-35-27-38(22-21-33(35)11-1)55-58-56(39-24-26-51-44(29-39)42-17-7-9-19-49(42)62-51)60-57(59-55)46-31-40(32-52-54(46)43-18-8-10-20-50(43)63-52)61-47-25-23-34-12-5-6-16-41(34)53(47)45-28-36-14-3-4-15-37(36)30-48(45)61/h1-32H. The number of fused-ring (bicyclic) bond motifs is 13. The van der Waals surface area contributed by atoms with E-state index in [1.807, 2.05) is 42.5 Å². The first-order chi connectivity index (χ1) is 31.2. The number of nitrogens with zero attached hydrogens (tertiary/aromatic N) is 4. The molecule has 292 valence electrons. The Kier molecular flexibility index (Phi) is 7.02. The van der Waals surface area contributed by atoms with Gasteiger partial charge in [0.15, 0.2) is 17.5 Å². The molecule has 4 aromatic heterocycles. The summed E-state index contributed by atoms with van der Waals surface area (Å²) in [5.74, 6) is 1.70. The Morgan fingerprint density at radius 2 is 0.889 bits per heavy atom. The van der Waals surface area contributed by atoms with E-state index in [1.54, 1.807) is 0 Å². The summed E-state index contributed by atoms with van der Waals surface area (Å²) >= 11 is 0. The molecule has 0 N–H and O–H groups in total. The van der Waals surface area contributed by atoms with Crippen LogP contribution in [-0.2, 0) is 0 Å². The predicted molar refractivity (Wildman–Crippen MR) is 258 cm³/mol. The van der Waals surface area contributed by atoms with Crippen LogP contribution in [0.4, 0.5) is 0 Å². The molecule has 4 heterocycles. The van der Waals surface area contributed by atoms with Crippen LogP contribution in [0.5, 0.6) is 0 Å². The largest absolute Gasteiger partial charge is 0.456 e. The minimum atomic E-state index is 0.551. The topological polar surface area (TPSA) is 69.9 Å². The van der Waals surface area contributed by atoms with Crippen molar-refractivity contribution in [2.24, 2.45) is 0 Å². The summed E-state index contributed by atoms with van der Waals surface area (Å²) in [6.07, 6.45) is 0. The van der Waals surface area contributed by atoms with Crippen LogP contribution in [-0.4, -0.2) is 19.5 Å². The number of hydrogen-bond donors (Lipinski definition) is 0. The Labute approximate surface area is 358 Å². The van der Waals surface area contributed by atoms with Gasteiger partial charge in [-0.3, -0.25) is 0 Å². The van der Waals surface area contributed by atoms with Crippen molar-refractivity contribution < 1.29 is 8.83 Å². The Hall–Kier alpha value is -8.61. The van der Waals surface area contributed by atoms with Gasteiger partial charge in [-0.2, -0.15) is 0 Å². The zero-order valence-corrected chi connectivity index (χ0v) is 33.6. The van der Waals surface area contributed by atoms with Crippen LogP contribution in [0.1, 0.15) is 0 Å². The monoisotopic (exact) mass is 804 g/mol. The predicted octanol–water partition coefficient (Wildman–Crippen LogP) is 15.2. The van der Waals surface area contributed by atoms with Gasteiger partial charge in [-0.15, -0.1) is 0 Å². The molecule has 0 bridgehead atoms. The first-order valence-electron chi connectivity index (χ1n) is 21.2. The normalized spacial score (nSPS) is 12.1. The van der Waals surface area contributed by atoms with Crippen molar-refractivity contribution in [1.82, 2.24) is 19.5 Å². The van der Waals surface area contributed by atoms with Crippen molar-refractivity contribution in [3.05, 3.63) is 194 Å². The van der Waals surface area contributed by atoms with Crippen LogP contribution in [0.2, 0.25) is 0 Å². The SMILES string of the molecule is c1ccc2cc(-c3nc(-c4ccc5oc6ccccc6c5c4)nc(-c4cc(-n5c6cc7ccccc7cc6c6c7ccccc7ccc65)cc5oc6ccccc6c45)n3)ccc2c1. The first kappa shape index (κ1) is 34.1. The fourth-order valence-electron chi connectivity index (χ4n) is 9.84. The van der Waals surface area contributed by atoms with Gasteiger partial charge in [0.1, 0.15) is 22.3 Å². The zero-order valence-electron chi connectivity index (χ0n) is 33.6. The molecule has 6 nitrogen and oxygen atoms in total. The van der Waals surface area contributed by atoms with Crippen molar-refractivity contribution in [2.75, 3.05) is 0 Å². The summed E-state index contributed by atoms with van der Waals surface area (Å²) < 4.78 is 15.4. The van der Waals surface area contributed by atoms with E-state index < -0.39 is 0 Å². The minimum absolute atomic E-state index is 0.551. The Balaban J connectivity index is 1.09. The highest BCUT2D eigenvalue weighted by Crippen LogP contribution is 2.43. The number of benzene rings is 10. The van der Waals surface area contributed by atoms with E-state index in [-0.39, 0.29) is 0 Å². The highest BCUT2D eigenvalue weighted by atomic mass is 16.3. The van der Waals surface area contributed by atoms with E-state index >= 15 is 0 Å². The fraction of sp³-hybridized carbons (Fsp3) is 0. The maximum atomic E-state index is 6.78. The summed E-state index contributed by atoms with van der Waals surface area (Å²) in [4.78, 5) is 16.0. The second-order valence-electron chi connectivity index (χ2n) is 16.4. The van der Waals surface area contributed by atoms with Gasteiger partial charge in [0, 0.05) is 55.1 Å². The lowest BCUT2D eigenvalue weighted by molar-refractivity contribution is 0.668. The lowest BCUT2D eigenvalue weighted by Gasteiger charge is -2.13. The average molecular weight is 805 g/mol. The van der Waals surface area contributed by atoms with Crippen molar-refractivity contribution in [2.45, 2.75) is 0 Å². The summed E-state index contributed by atoms with van der Waals surface area (Å²) in [5.41, 5.74) is 8.98. The molecule has 14 rings (SSSR count). The van der Waals surface area contributed by atoms with Crippen molar-refractivity contribution >= 4 is 98.0 Å². The first-order valence-corrected chi connectivity index (χ1v) is 21.2. The molecule has 0 aliphatic heterocycles. The highest BCUT2D eigenvalue weighted by molar-refractivity contribution is 6.23. The Morgan fingerprint density at radius 3 is 1.70 bits per heavy atom. The molecule has 63 heavy (non-hydrogen) atoms. The lowest BCUT2D eigenvalue weighted by atomic mass is 10.0. The summed E-state index contributed by atoms with van der Waals surface area (Å²) in [7, 11) is 0. The molecular formula is C57H32N4O2. The van der Waals surface area contributed by atoms with Gasteiger partial charge in [-0.1, -0.05) is 127 Å². The van der Waals surface area contributed by atoms with E-state index in [4.69, 9.17) is 23.8 Å². The third kappa shape index (κ3) is 5.15. The van der Waals surface area contributed by atoms with E-state index in [1.165, 1.54) is 32.3 Å². The molecule has 0 amide bonds. The van der Waals surface area contributed by atoms with Crippen molar-refractivity contribution in [1.29, 1.82) is 0 Å². The summed E-state index contributed by atoms with van der Waals surface area (Å²) in [5, 5.41) is 13.4. The molecular weight excluding hydrogens is 773 g/mol. The van der Waals surface area contributed by atoms with Crippen LogP contribution < -0.4 is 0 Å². The number of hydrogen-bond acceptors (Lipinski definition) is 5. The van der Waals surface area contributed by atoms with E-state index in [9.17, 15) is 0 Å². The maximum Gasteiger partial charge on any atom is 0.164 e. The fourth-order valence-corrected chi connectivity index (χ4v) is 9.84. The van der Waals surface area contributed by atoms with Gasteiger partial charge in [-0.25, -0.2) is 15.0 Å². The smallest absolute Gasteiger partial charge is 0.164 e. The van der Waals surface area contributed by atoms with Gasteiger partial charge >= 0.3 is 0 Å². The van der Waals surface area contributed by atoms with E-state index in [0.29, 0.717) is 17.5 Å². The molecule has 0 unspecified atom stereocenters. The quantitative estimate of drug-likeness (QED) is 0.177. The molecule has 0 saturated carbocycles. The molecule has 0 radical (unpaired) electrons. The Morgan fingerprint density at radius 1 is 0.317 bits per heavy atom. The van der Waals surface area contributed by atoms with Gasteiger partial charge in [0.2, 0.25) is 0 Å². The molecule has 0 fully saturated rings. The van der Waals surface area contributed by atoms with Crippen LogP contribution in [0.25, 0.3) is 138 Å². The zero-order chi connectivity index (χ0) is 41.2. The molecule has 6 heteroatoms. The molecule has 0 atom stereocenters. The van der Waals surface area contributed by atoms with Crippen LogP contribution in [0.15, 0.2) is 203 Å². The average Bonchev–Trinajstić information content (AvgIpc) is 4.01. The summed E-state index contributed by atoms with van der Waals surface area (Å²) in [6.45, 7) is 0.